The maximum absolute atomic E-state index is 9.20. The maximum atomic E-state index is 9.20. The number of hydrogen-bond donors (Lipinski definition) is 1. The van der Waals surface area contributed by atoms with E-state index >= 15 is 0 Å². The van der Waals surface area contributed by atoms with Gasteiger partial charge >= 0.3 is 0 Å². The Kier molecular flexibility index (Phi) is 3.94. The number of nitrogens with one attached hydrogen (secondary N) is 1. The van der Waals surface area contributed by atoms with Crippen LogP contribution in [-0.4, -0.2) is 16.9 Å². The van der Waals surface area contributed by atoms with Crippen LogP contribution >= 0.6 is 0 Å². The summed E-state index contributed by atoms with van der Waals surface area (Å²) in [7, 11) is 3.48. The Bertz CT molecular complexity index is 637. The molecule has 1 atom stereocenters. The summed E-state index contributed by atoms with van der Waals surface area (Å²) in [4.78, 5) is 0. The van der Waals surface area contributed by atoms with Gasteiger partial charge in [-0.25, -0.2) is 0 Å². The van der Waals surface area contributed by atoms with Gasteiger partial charge in [-0.05, 0) is 31.5 Å². The summed E-state index contributed by atoms with van der Waals surface area (Å²) in [6.45, 7) is 3.88. The van der Waals surface area contributed by atoms with E-state index < -0.39 is 0 Å². The monoisotopic (exact) mass is 270 g/mol. The number of nitriles is 1. The number of nitrogens with zero attached hydrogens (tertiary/aromatic N) is 3. The van der Waals surface area contributed by atoms with Gasteiger partial charge < -0.3 is 10.1 Å². The van der Waals surface area contributed by atoms with E-state index in [0.29, 0.717) is 5.56 Å². The second-order valence-corrected chi connectivity index (χ2v) is 4.68. The maximum Gasteiger partial charge on any atom is 0.142 e. The Hall–Kier alpha value is -2.48. The third-order valence-electron chi connectivity index (χ3n) is 3.30. The molecule has 1 heterocycles. The minimum absolute atomic E-state index is 0.0720. The van der Waals surface area contributed by atoms with Crippen molar-refractivity contribution in [2.24, 2.45) is 7.05 Å². The molecule has 0 spiro atoms. The Morgan fingerprint density at radius 2 is 2.00 bits per heavy atom. The van der Waals surface area contributed by atoms with E-state index in [1.54, 1.807) is 11.8 Å². The highest BCUT2D eigenvalue weighted by atomic mass is 16.5. The number of aromatic nitrogens is 2. The second kappa shape index (κ2) is 5.66. The smallest absolute Gasteiger partial charge is 0.142 e. The SMILES string of the molecule is COc1ccc(C(C)Nc2c(C#N)c(C)nn2C)cc1. The Balaban J connectivity index is 2.23. The van der Waals surface area contributed by atoms with Crippen molar-refractivity contribution in [3.63, 3.8) is 0 Å². The van der Waals surface area contributed by atoms with Gasteiger partial charge in [-0.3, -0.25) is 4.68 Å². The molecule has 0 saturated carbocycles. The largest absolute Gasteiger partial charge is 0.497 e. The standard InChI is InChI=1S/C15H18N4O/c1-10(12-5-7-13(20-4)8-6-12)17-15-14(9-16)11(2)18-19(15)3/h5-8,10,17H,1-4H3. The van der Waals surface area contributed by atoms with E-state index in [2.05, 4.69) is 16.5 Å². The minimum Gasteiger partial charge on any atom is -0.497 e. The predicted octanol–water partition coefficient (Wildman–Crippen LogP) is 2.78. The molecule has 0 aliphatic carbocycles. The van der Waals surface area contributed by atoms with E-state index in [4.69, 9.17) is 4.74 Å². The molecule has 5 heteroatoms. The average Bonchev–Trinajstić information content (AvgIpc) is 2.72. The number of aryl methyl sites for hydroxylation is 2. The zero-order valence-corrected chi connectivity index (χ0v) is 12.1. The molecule has 20 heavy (non-hydrogen) atoms. The molecule has 1 N–H and O–H groups in total. The first-order valence-electron chi connectivity index (χ1n) is 6.41. The van der Waals surface area contributed by atoms with E-state index in [0.717, 1.165) is 22.8 Å². The summed E-state index contributed by atoms with van der Waals surface area (Å²) < 4.78 is 6.85. The highest BCUT2D eigenvalue weighted by Gasteiger charge is 2.15. The summed E-state index contributed by atoms with van der Waals surface area (Å²) in [5, 5.41) is 16.8. The molecule has 0 aliphatic rings. The van der Waals surface area contributed by atoms with E-state index in [1.807, 2.05) is 45.2 Å². The van der Waals surface area contributed by atoms with Crippen LogP contribution in [-0.2, 0) is 7.05 Å². The van der Waals surface area contributed by atoms with E-state index in [-0.39, 0.29) is 6.04 Å². The average molecular weight is 270 g/mol. The third kappa shape index (κ3) is 2.59. The van der Waals surface area contributed by atoms with Crippen LogP contribution in [0.15, 0.2) is 24.3 Å². The lowest BCUT2D eigenvalue weighted by Crippen LogP contribution is -2.11. The molecule has 0 amide bonds. The predicted molar refractivity (Wildman–Crippen MR) is 77.7 cm³/mol. The number of benzene rings is 1. The number of ether oxygens (including phenoxy) is 1. The summed E-state index contributed by atoms with van der Waals surface area (Å²) in [6.07, 6.45) is 0. The van der Waals surface area contributed by atoms with Crippen LogP contribution in [0.4, 0.5) is 5.82 Å². The van der Waals surface area contributed by atoms with Crippen LogP contribution in [0, 0.1) is 18.3 Å². The van der Waals surface area contributed by atoms with Gasteiger partial charge in [0.15, 0.2) is 0 Å². The minimum atomic E-state index is 0.0720. The molecule has 0 bridgehead atoms. The van der Waals surface area contributed by atoms with Gasteiger partial charge in [0.25, 0.3) is 0 Å². The summed E-state index contributed by atoms with van der Waals surface area (Å²) in [5.41, 5.74) is 2.45. The Morgan fingerprint density at radius 1 is 1.35 bits per heavy atom. The van der Waals surface area contributed by atoms with Crippen molar-refractivity contribution in [3.8, 4) is 11.8 Å². The second-order valence-electron chi connectivity index (χ2n) is 4.68. The molecule has 5 nitrogen and oxygen atoms in total. The summed E-state index contributed by atoms with van der Waals surface area (Å²) in [5.74, 6) is 1.57. The number of anilines is 1. The Morgan fingerprint density at radius 3 is 2.55 bits per heavy atom. The molecule has 2 rings (SSSR count). The van der Waals surface area contributed by atoms with Gasteiger partial charge in [0.2, 0.25) is 0 Å². The van der Waals surface area contributed by atoms with Crippen molar-refractivity contribution in [1.82, 2.24) is 9.78 Å². The van der Waals surface area contributed by atoms with Crippen molar-refractivity contribution in [3.05, 3.63) is 41.1 Å². The summed E-state index contributed by atoms with van der Waals surface area (Å²) >= 11 is 0. The van der Waals surface area contributed by atoms with Crippen molar-refractivity contribution in [1.29, 1.82) is 5.26 Å². The molecular weight excluding hydrogens is 252 g/mol. The molecule has 2 aromatic rings. The fourth-order valence-corrected chi connectivity index (χ4v) is 2.14. The van der Waals surface area contributed by atoms with Crippen molar-refractivity contribution < 1.29 is 4.74 Å². The molecule has 0 radical (unpaired) electrons. The van der Waals surface area contributed by atoms with Crippen LogP contribution < -0.4 is 10.1 Å². The first-order valence-corrected chi connectivity index (χ1v) is 6.41. The van der Waals surface area contributed by atoms with Crippen LogP contribution in [0.25, 0.3) is 0 Å². The molecule has 0 aliphatic heterocycles. The fourth-order valence-electron chi connectivity index (χ4n) is 2.14. The molecule has 1 unspecified atom stereocenters. The number of methoxy groups -OCH3 is 1. The van der Waals surface area contributed by atoms with Gasteiger partial charge in [0.1, 0.15) is 23.2 Å². The number of hydrogen-bond acceptors (Lipinski definition) is 4. The lowest BCUT2D eigenvalue weighted by atomic mass is 10.1. The Labute approximate surface area is 118 Å². The molecule has 104 valence electrons. The van der Waals surface area contributed by atoms with Gasteiger partial charge in [-0.1, -0.05) is 12.1 Å². The van der Waals surface area contributed by atoms with Crippen molar-refractivity contribution in [2.45, 2.75) is 19.9 Å². The molecule has 1 aromatic carbocycles. The van der Waals surface area contributed by atoms with Crippen LogP contribution in [0.3, 0.4) is 0 Å². The lowest BCUT2D eigenvalue weighted by molar-refractivity contribution is 0.414. The zero-order valence-electron chi connectivity index (χ0n) is 12.1. The first kappa shape index (κ1) is 13.9. The third-order valence-corrected chi connectivity index (χ3v) is 3.30. The first-order chi connectivity index (χ1) is 9.56. The van der Waals surface area contributed by atoms with Crippen molar-refractivity contribution >= 4 is 5.82 Å². The normalized spacial score (nSPS) is 11.8. The molecule has 0 saturated heterocycles. The van der Waals surface area contributed by atoms with E-state index in [9.17, 15) is 5.26 Å². The highest BCUT2D eigenvalue weighted by Crippen LogP contribution is 2.24. The van der Waals surface area contributed by atoms with Gasteiger partial charge in [0.05, 0.1) is 12.8 Å². The van der Waals surface area contributed by atoms with Gasteiger partial charge in [-0.2, -0.15) is 10.4 Å². The van der Waals surface area contributed by atoms with Crippen LogP contribution in [0.1, 0.15) is 29.8 Å². The highest BCUT2D eigenvalue weighted by molar-refractivity contribution is 5.56. The van der Waals surface area contributed by atoms with Gasteiger partial charge in [-0.15, -0.1) is 0 Å². The van der Waals surface area contributed by atoms with Crippen LogP contribution in [0.2, 0.25) is 0 Å². The molecule has 0 fully saturated rings. The summed E-state index contributed by atoms with van der Waals surface area (Å²) in [6, 6.07) is 10.1. The zero-order chi connectivity index (χ0) is 14.7. The quantitative estimate of drug-likeness (QED) is 0.928. The molecular formula is C15H18N4O. The fraction of sp³-hybridized carbons (Fsp3) is 0.333. The van der Waals surface area contributed by atoms with E-state index in [1.165, 1.54) is 0 Å². The number of rotatable bonds is 4. The lowest BCUT2D eigenvalue weighted by Gasteiger charge is -2.16. The van der Waals surface area contributed by atoms with Crippen molar-refractivity contribution in [2.75, 3.05) is 12.4 Å². The van der Waals surface area contributed by atoms with Crippen LogP contribution in [0.5, 0.6) is 5.75 Å². The van der Waals surface area contributed by atoms with Gasteiger partial charge in [0, 0.05) is 13.1 Å². The molecule has 1 aromatic heterocycles. The topological polar surface area (TPSA) is 62.9 Å².